The van der Waals surface area contributed by atoms with Gasteiger partial charge in [0.25, 0.3) is 0 Å². The molecule has 1 aliphatic rings. The van der Waals surface area contributed by atoms with Crippen molar-refractivity contribution < 1.29 is 4.52 Å². The first-order chi connectivity index (χ1) is 12.4. The van der Waals surface area contributed by atoms with Crippen molar-refractivity contribution in [3.05, 3.63) is 48.4 Å². The second-order valence-electron chi connectivity index (χ2n) is 6.23. The zero-order valence-corrected chi connectivity index (χ0v) is 14.4. The van der Waals surface area contributed by atoms with Crippen molar-refractivity contribution in [1.82, 2.24) is 20.0 Å². The number of para-hydroxylation sites is 1. The highest BCUT2D eigenvalue weighted by atomic mass is 32.1. The van der Waals surface area contributed by atoms with Crippen molar-refractivity contribution in [2.24, 2.45) is 0 Å². The molecule has 126 valence electrons. The fraction of sp³-hybridized carbons (Fsp3) is 0.278. The molecule has 1 aromatic carbocycles. The zero-order valence-electron chi connectivity index (χ0n) is 13.6. The molecule has 1 saturated heterocycles. The number of anilines is 1. The van der Waals surface area contributed by atoms with Gasteiger partial charge in [-0.2, -0.15) is 0 Å². The highest BCUT2D eigenvalue weighted by molar-refractivity contribution is 7.22. The average molecular weight is 351 g/mol. The third-order valence-electron chi connectivity index (χ3n) is 4.65. The van der Waals surface area contributed by atoms with Crippen LogP contribution in [0.2, 0.25) is 0 Å². The summed E-state index contributed by atoms with van der Waals surface area (Å²) >= 11 is 1.74. The van der Waals surface area contributed by atoms with Crippen molar-refractivity contribution in [1.29, 1.82) is 0 Å². The van der Waals surface area contributed by atoms with E-state index in [-0.39, 0.29) is 0 Å². The lowest BCUT2D eigenvalue weighted by Gasteiger charge is -2.34. The van der Waals surface area contributed by atoms with Crippen LogP contribution in [0.4, 0.5) is 5.13 Å². The number of hydrogen-bond donors (Lipinski definition) is 0. The fourth-order valence-corrected chi connectivity index (χ4v) is 4.25. The highest BCUT2D eigenvalue weighted by Gasteiger charge is 2.21. The Morgan fingerprint density at radius 1 is 1.08 bits per heavy atom. The monoisotopic (exact) mass is 351 g/mol. The van der Waals surface area contributed by atoms with Gasteiger partial charge in [0.05, 0.1) is 10.9 Å². The Morgan fingerprint density at radius 3 is 2.84 bits per heavy atom. The van der Waals surface area contributed by atoms with Crippen molar-refractivity contribution >= 4 is 37.7 Å². The van der Waals surface area contributed by atoms with Crippen LogP contribution < -0.4 is 4.90 Å². The second-order valence-corrected chi connectivity index (χ2v) is 7.24. The van der Waals surface area contributed by atoms with E-state index >= 15 is 0 Å². The smallest absolute Gasteiger partial charge is 0.186 e. The first-order valence-electron chi connectivity index (χ1n) is 8.38. The van der Waals surface area contributed by atoms with Gasteiger partial charge in [-0.15, -0.1) is 0 Å². The number of piperazine rings is 1. The van der Waals surface area contributed by atoms with E-state index in [2.05, 4.69) is 26.0 Å². The van der Waals surface area contributed by atoms with Crippen LogP contribution in [0.3, 0.4) is 0 Å². The Kier molecular flexibility index (Phi) is 3.61. The van der Waals surface area contributed by atoms with Crippen molar-refractivity contribution in [3.63, 3.8) is 0 Å². The molecular weight excluding hydrogens is 334 g/mol. The van der Waals surface area contributed by atoms with E-state index in [1.54, 1.807) is 11.3 Å². The molecule has 4 heterocycles. The van der Waals surface area contributed by atoms with Crippen molar-refractivity contribution in [2.45, 2.75) is 6.54 Å². The van der Waals surface area contributed by atoms with Gasteiger partial charge in [-0.1, -0.05) is 28.6 Å². The zero-order chi connectivity index (χ0) is 16.6. The summed E-state index contributed by atoms with van der Waals surface area (Å²) in [7, 11) is 0. The predicted molar refractivity (Wildman–Crippen MR) is 98.9 cm³/mol. The summed E-state index contributed by atoms with van der Waals surface area (Å²) in [6.07, 6.45) is 3.66. The molecule has 0 unspecified atom stereocenters. The Hall–Kier alpha value is -2.51. The minimum atomic E-state index is 0.828. The Morgan fingerprint density at radius 2 is 1.96 bits per heavy atom. The van der Waals surface area contributed by atoms with Crippen LogP contribution in [-0.2, 0) is 6.54 Å². The molecule has 0 radical (unpaired) electrons. The number of benzene rings is 1. The van der Waals surface area contributed by atoms with E-state index in [1.807, 2.05) is 36.7 Å². The molecule has 6 nitrogen and oxygen atoms in total. The summed E-state index contributed by atoms with van der Waals surface area (Å²) in [5, 5.41) is 6.45. The maximum atomic E-state index is 5.41. The summed E-state index contributed by atoms with van der Waals surface area (Å²) in [5.74, 6) is 0. The first-order valence-corrected chi connectivity index (χ1v) is 9.19. The standard InChI is InChI=1S/C18H17N5OS/c1-2-4-16-13(3-1)15(21-24-16)12-22-7-9-23(10-8-22)18-20-14-11-19-6-5-17(14)25-18/h1-6,11H,7-10,12H2. The van der Waals surface area contributed by atoms with E-state index in [0.29, 0.717) is 0 Å². The molecule has 0 saturated carbocycles. The predicted octanol–water partition coefficient (Wildman–Crippen LogP) is 3.15. The molecule has 1 aliphatic heterocycles. The lowest BCUT2D eigenvalue weighted by molar-refractivity contribution is 0.243. The van der Waals surface area contributed by atoms with Gasteiger partial charge in [0.15, 0.2) is 10.7 Å². The summed E-state index contributed by atoms with van der Waals surface area (Å²) in [5.41, 5.74) is 2.87. The summed E-state index contributed by atoms with van der Waals surface area (Å²) in [6, 6.07) is 10.1. The molecule has 7 heteroatoms. The minimum Gasteiger partial charge on any atom is -0.356 e. The number of pyridine rings is 1. The Labute approximate surface area is 148 Å². The number of hydrogen-bond acceptors (Lipinski definition) is 7. The lowest BCUT2D eigenvalue weighted by atomic mass is 10.2. The van der Waals surface area contributed by atoms with E-state index in [0.717, 1.165) is 60.0 Å². The van der Waals surface area contributed by atoms with Crippen LogP contribution in [0.25, 0.3) is 21.2 Å². The van der Waals surface area contributed by atoms with Gasteiger partial charge in [0.1, 0.15) is 11.2 Å². The second kappa shape index (κ2) is 6.09. The molecule has 0 atom stereocenters. The Bertz CT molecular complexity index is 985. The molecule has 4 aromatic rings. The van der Waals surface area contributed by atoms with Gasteiger partial charge in [-0.3, -0.25) is 9.88 Å². The van der Waals surface area contributed by atoms with Crippen molar-refractivity contribution in [2.75, 3.05) is 31.1 Å². The third-order valence-corrected chi connectivity index (χ3v) is 5.74. The van der Waals surface area contributed by atoms with Gasteiger partial charge < -0.3 is 9.42 Å². The van der Waals surface area contributed by atoms with Crippen LogP contribution >= 0.6 is 11.3 Å². The molecule has 0 aliphatic carbocycles. The average Bonchev–Trinajstić information content (AvgIpc) is 3.27. The van der Waals surface area contributed by atoms with Crippen LogP contribution in [0, 0.1) is 0 Å². The molecule has 1 fully saturated rings. The lowest BCUT2D eigenvalue weighted by Crippen LogP contribution is -2.46. The maximum Gasteiger partial charge on any atom is 0.186 e. The molecule has 0 bridgehead atoms. The normalized spacial score (nSPS) is 16.1. The molecule has 0 N–H and O–H groups in total. The highest BCUT2D eigenvalue weighted by Crippen LogP contribution is 2.29. The first kappa shape index (κ1) is 14.8. The maximum absolute atomic E-state index is 5.41. The molecule has 5 rings (SSSR count). The van der Waals surface area contributed by atoms with E-state index < -0.39 is 0 Å². The summed E-state index contributed by atoms with van der Waals surface area (Å²) in [4.78, 5) is 13.7. The van der Waals surface area contributed by atoms with Crippen molar-refractivity contribution in [3.8, 4) is 0 Å². The SMILES string of the molecule is c1ccc2c(CN3CCN(c4nc5cnccc5s4)CC3)noc2c1. The topological polar surface area (TPSA) is 58.3 Å². The number of rotatable bonds is 3. The molecular formula is C18H17N5OS. The Balaban J connectivity index is 1.28. The van der Waals surface area contributed by atoms with Gasteiger partial charge >= 0.3 is 0 Å². The minimum absolute atomic E-state index is 0.828. The number of fused-ring (bicyclic) bond motifs is 2. The number of aromatic nitrogens is 3. The number of nitrogens with zero attached hydrogens (tertiary/aromatic N) is 5. The summed E-state index contributed by atoms with van der Waals surface area (Å²) in [6.45, 7) is 4.77. The molecule has 25 heavy (non-hydrogen) atoms. The van der Waals surface area contributed by atoms with Gasteiger partial charge in [-0.05, 0) is 18.2 Å². The van der Waals surface area contributed by atoms with Crippen LogP contribution in [-0.4, -0.2) is 46.2 Å². The largest absolute Gasteiger partial charge is 0.356 e. The van der Waals surface area contributed by atoms with Gasteiger partial charge in [-0.25, -0.2) is 4.98 Å². The molecule has 0 spiro atoms. The van der Waals surface area contributed by atoms with E-state index in [4.69, 9.17) is 9.51 Å². The molecule has 0 amide bonds. The van der Waals surface area contributed by atoms with E-state index in [9.17, 15) is 0 Å². The summed E-state index contributed by atoms with van der Waals surface area (Å²) < 4.78 is 6.61. The fourth-order valence-electron chi connectivity index (χ4n) is 3.26. The van der Waals surface area contributed by atoms with Gasteiger partial charge in [0.2, 0.25) is 0 Å². The number of thiazole rings is 1. The van der Waals surface area contributed by atoms with E-state index in [1.165, 1.54) is 4.70 Å². The quantitative estimate of drug-likeness (QED) is 0.565. The third kappa shape index (κ3) is 2.75. The van der Waals surface area contributed by atoms with Crippen LogP contribution in [0.5, 0.6) is 0 Å². The van der Waals surface area contributed by atoms with Gasteiger partial charge in [0, 0.05) is 44.3 Å². The van der Waals surface area contributed by atoms with Crippen LogP contribution in [0.1, 0.15) is 5.69 Å². The molecule has 3 aromatic heterocycles. The van der Waals surface area contributed by atoms with Crippen LogP contribution in [0.15, 0.2) is 47.2 Å².